The molecule has 0 spiro atoms. The Bertz CT molecular complexity index is 487. The molecule has 1 atom stereocenters. The quantitative estimate of drug-likeness (QED) is 0.870. The van der Waals surface area contributed by atoms with Gasteiger partial charge in [0.15, 0.2) is 0 Å². The number of aryl methyl sites for hydroxylation is 2. The Morgan fingerprint density at radius 2 is 2.12 bits per heavy atom. The van der Waals surface area contributed by atoms with Crippen LogP contribution in [0.5, 0.6) is 0 Å². The van der Waals surface area contributed by atoms with Crippen molar-refractivity contribution in [2.24, 2.45) is 5.73 Å². The molecule has 0 fully saturated rings. The van der Waals surface area contributed by atoms with Crippen LogP contribution in [0.15, 0.2) is 41.0 Å². The topological polar surface area (TPSA) is 39.2 Å². The maximum atomic E-state index is 6.27. The van der Waals surface area contributed by atoms with E-state index in [1.807, 2.05) is 13.0 Å². The highest BCUT2D eigenvalue weighted by Crippen LogP contribution is 2.24. The molecule has 90 valence electrons. The summed E-state index contributed by atoms with van der Waals surface area (Å²) >= 11 is 0. The van der Waals surface area contributed by atoms with Gasteiger partial charge in [-0.1, -0.05) is 37.6 Å². The summed E-state index contributed by atoms with van der Waals surface area (Å²) in [5, 5.41) is 0. The summed E-state index contributed by atoms with van der Waals surface area (Å²) in [5.41, 5.74) is 9.84. The lowest BCUT2D eigenvalue weighted by Gasteiger charge is -2.12. The normalized spacial score (nSPS) is 12.6. The van der Waals surface area contributed by atoms with E-state index in [4.69, 9.17) is 10.2 Å². The van der Waals surface area contributed by atoms with E-state index in [0.717, 1.165) is 29.7 Å². The highest BCUT2D eigenvalue weighted by molar-refractivity contribution is 5.34. The number of nitrogens with two attached hydrogens (primary N) is 1. The molecule has 0 radical (unpaired) electrons. The van der Waals surface area contributed by atoms with Crippen molar-refractivity contribution in [3.8, 4) is 0 Å². The Labute approximate surface area is 102 Å². The molecule has 0 aliphatic carbocycles. The Balaban J connectivity index is 2.28. The van der Waals surface area contributed by atoms with Gasteiger partial charge in [0.25, 0.3) is 0 Å². The predicted octanol–water partition coefficient (Wildman–Crippen LogP) is 3.59. The van der Waals surface area contributed by atoms with E-state index in [2.05, 4.69) is 31.2 Å². The Morgan fingerprint density at radius 3 is 2.76 bits per heavy atom. The van der Waals surface area contributed by atoms with Crippen LogP contribution in [0.25, 0.3) is 0 Å². The SMILES string of the molecule is CCCc1cccc(C(N)c2ccoc2C)c1. The number of rotatable bonds is 4. The maximum absolute atomic E-state index is 6.27. The van der Waals surface area contributed by atoms with Gasteiger partial charge in [-0.3, -0.25) is 0 Å². The van der Waals surface area contributed by atoms with Crippen molar-refractivity contribution in [3.05, 3.63) is 59.0 Å². The van der Waals surface area contributed by atoms with Crippen LogP contribution in [0.2, 0.25) is 0 Å². The summed E-state index contributed by atoms with van der Waals surface area (Å²) in [5.74, 6) is 0.901. The van der Waals surface area contributed by atoms with Gasteiger partial charge >= 0.3 is 0 Å². The molecule has 2 N–H and O–H groups in total. The first-order chi connectivity index (χ1) is 8.22. The molecule has 1 unspecified atom stereocenters. The molecule has 0 aliphatic heterocycles. The van der Waals surface area contributed by atoms with Crippen LogP contribution in [0.3, 0.4) is 0 Å². The molecule has 0 amide bonds. The highest BCUT2D eigenvalue weighted by Gasteiger charge is 2.13. The minimum absolute atomic E-state index is 0.0921. The summed E-state index contributed by atoms with van der Waals surface area (Å²) < 4.78 is 5.30. The fraction of sp³-hybridized carbons (Fsp3) is 0.333. The van der Waals surface area contributed by atoms with Crippen LogP contribution in [-0.4, -0.2) is 0 Å². The molecule has 0 aliphatic rings. The van der Waals surface area contributed by atoms with Gasteiger partial charge in [0.2, 0.25) is 0 Å². The average Bonchev–Trinajstić information content (AvgIpc) is 2.75. The second-order valence-corrected chi connectivity index (χ2v) is 4.40. The zero-order valence-electron chi connectivity index (χ0n) is 10.4. The van der Waals surface area contributed by atoms with Crippen LogP contribution >= 0.6 is 0 Å². The number of hydrogen-bond acceptors (Lipinski definition) is 2. The lowest BCUT2D eigenvalue weighted by Crippen LogP contribution is -2.12. The molecule has 1 aromatic heterocycles. The molecule has 1 aromatic carbocycles. The molecular weight excluding hydrogens is 210 g/mol. The Hall–Kier alpha value is -1.54. The molecule has 2 aromatic rings. The summed E-state index contributed by atoms with van der Waals surface area (Å²) in [4.78, 5) is 0. The van der Waals surface area contributed by atoms with E-state index in [0.29, 0.717) is 0 Å². The first-order valence-corrected chi connectivity index (χ1v) is 6.10. The Morgan fingerprint density at radius 1 is 1.29 bits per heavy atom. The highest BCUT2D eigenvalue weighted by atomic mass is 16.3. The van der Waals surface area contributed by atoms with Crippen molar-refractivity contribution in [1.82, 2.24) is 0 Å². The van der Waals surface area contributed by atoms with Crippen molar-refractivity contribution >= 4 is 0 Å². The molecule has 17 heavy (non-hydrogen) atoms. The second-order valence-electron chi connectivity index (χ2n) is 4.40. The average molecular weight is 229 g/mol. The lowest BCUT2D eigenvalue weighted by molar-refractivity contribution is 0.527. The zero-order chi connectivity index (χ0) is 12.3. The first-order valence-electron chi connectivity index (χ1n) is 6.10. The van der Waals surface area contributed by atoms with Gasteiger partial charge in [-0.25, -0.2) is 0 Å². The predicted molar refractivity (Wildman–Crippen MR) is 69.9 cm³/mol. The van der Waals surface area contributed by atoms with Gasteiger partial charge < -0.3 is 10.2 Å². The molecule has 2 rings (SSSR count). The number of benzene rings is 1. The smallest absolute Gasteiger partial charge is 0.105 e. The van der Waals surface area contributed by atoms with Crippen molar-refractivity contribution in [1.29, 1.82) is 0 Å². The van der Waals surface area contributed by atoms with E-state index in [9.17, 15) is 0 Å². The molecule has 1 heterocycles. The van der Waals surface area contributed by atoms with Gasteiger partial charge in [-0.15, -0.1) is 0 Å². The molecule has 0 bridgehead atoms. The van der Waals surface area contributed by atoms with E-state index >= 15 is 0 Å². The minimum Gasteiger partial charge on any atom is -0.469 e. The summed E-state index contributed by atoms with van der Waals surface area (Å²) in [6, 6.07) is 10.4. The minimum atomic E-state index is -0.0921. The maximum Gasteiger partial charge on any atom is 0.105 e. The van der Waals surface area contributed by atoms with Crippen LogP contribution in [0.4, 0.5) is 0 Å². The van der Waals surface area contributed by atoms with Crippen LogP contribution < -0.4 is 5.73 Å². The van der Waals surface area contributed by atoms with Gasteiger partial charge in [0, 0.05) is 5.56 Å². The standard InChI is InChI=1S/C15H19NO/c1-3-5-12-6-4-7-13(10-12)15(16)14-8-9-17-11(14)2/h4,6-10,15H,3,5,16H2,1-2H3. The largest absolute Gasteiger partial charge is 0.469 e. The van der Waals surface area contributed by atoms with Gasteiger partial charge in [0.1, 0.15) is 5.76 Å². The van der Waals surface area contributed by atoms with Crippen molar-refractivity contribution in [3.63, 3.8) is 0 Å². The van der Waals surface area contributed by atoms with E-state index in [1.165, 1.54) is 5.56 Å². The number of hydrogen-bond donors (Lipinski definition) is 1. The second kappa shape index (κ2) is 5.19. The Kier molecular flexibility index (Phi) is 3.64. The molecule has 2 heteroatoms. The summed E-state index contributed by atoms with van der Waals surface area (Å²) in [7, 11) is 0. The van der Waals surface area contributed by atoms with Gasteiger partial charge in [0.05, 0.1) is 12.3 Å². The molecule has 0 saturated carbocycles. The van der Waals surface area contributed by atoms with Crippen molar-refractivity contribution in [2.45, 2.75) is 32.7 Å². The third-order valence-electron chi connectivity index (χ3n) is 3.08. The van der Waals surface area contributed by atoms with Crippen LogP contribution in [-0.2, 0) is 6.42 Å². The monoisotopic (exact) mass is 229 g/mol. The zero-order valence-corrected chi connectivity index (χ0v) is 10.4. The summed E-state index contributed by atoms with van der Waals surface area (Å²) in [6.45, 7) is 4.14. The van der Waals surface area contributed by atoms with Crippen molar-refractivity contribution < 1.29 is 4.42 Å². The fourth-order valence-electron chi connectivity index (χ4n) is 2.13. The molecule has 2 nitrogen and oxygen atoms in total. The van der Waals surface area contributed by atoms with E-state index in [-0.39, 0.29) is 6.04 Å². The number of furan rings is 1. The van der Waals surface area contributed by atoms with Crippen LogP contribution in [0, 0.1) is 6.92 Å². The fourth-order valence-corrected chi connectivity index (χ4v) is 2.13. The third-order valence-corrected chi connectivity index (χ3v) is 3.08. The lowest BCUT2D eigenvalue weighted by atomic mass is 9.97. The van der Waals surface area contributed by atoms with Gasteiger partial charge in [-0.05, 0) is 30.5 Å². The first kappa shape index (κ1) is 11.9. The van der Waals surface area contributed by atoms with Crippen molar-refractivity contribution in [2.75, 3.05) is 0 Å². The third kappa shape index (κ3) is 2.59. The van der Waals surface area contributed by atoms with Gasteiger partial charge in [-0.2, -0.15) is 0 Å². The molecular formula is C15H19NO. The summed E-state index contributed by atoms with van der Waals surface area (Å²) in [6.07, 6.45) is 3.95. The van der Waals surface area contributed by atoms with Crippen LogP contribution in [0.1, 0.15) is 41.8 Å². The molecule has 0 saturated heterocycles. The van der Waals surface area contributed by atoms with E-state index in [1.54, 1.807) is 6.26 Å². The van der Waals surface area contributed by atoms with E-state index < -0.39 is 0 Å².